The molecule has 0 aromatic heterocycles. The molecule has 52 valence electrons. The molecule has 0 radical (unpaired) electrons. The summed E-state index contributed by atoms with van der Waals surface area (Å²) in [5.74, 6) is -0.0116. The van der Waals surface area contributed by atoms with Gasteiger partial charge in [-0.25, -0.2) is 8.42 Å². The van der Waals surface area contributed by atoms with Gasteiger partial charge in [-0.15, -0.1) is 6.58 Å². The summed E-state index contributed by atoms with van der Waals surface area (Å²) in [6, 6.07) is 0. The van der Waals surface area contributed by atoms with Gasteiger partial charge in [0.2, 0.25) is 0 Å². The second-order valence-electron chi connectivity index (χ2n) is 1.77. The lowest BCUT2D eigenvalue weighted by molar-refractivity contribution is 0.605. The van der Waals surface area contributed by atoms with Gasteiger partial charge in [-0.3, -0.25) is 0 Å². The van der Waals surface area contributed by atoms with E-state index in [2.05, 4.69) is 13.2 Å². The van der Waals surface area contributed by atoms with Crippen LogP contribution in [0.2, 0.25) is 0 Å². The first kappa shape index (κ1) is 8.43. The average Bonchev–Trinajstić information content (AvgIpc) is 1.65. The lowest BCUT2D eigenvalue weighted by Crippen LogP contribution is -2.03. The SMILES string of the molecule is C=CCS(=O)(=O)C(=C)C. The second-order valence-corrected chi connectivity index (χ2v) is 4.03. The first-order valence-corrected chi connectivity index (χ1v) is 4.15. The van der Waals surface area contributed by atoms with Crippen LogP contribution in [-0.2, 0) is 9.84 Å². The summed E-state index contributed by atoms with van der Waals surface area (Å²) in [6.07, 6.45) is 1.35. The summed E-state index contributed by atoms with van der Waals surface area (Å²) in [5.41, 5.74) is 0. The monoisotopic (exact) mass is 146 g/mol. The topological polar surface area (TPSA) is 34.1 Å². The van der Waals surface area contributed by atoms with Gasteiger partial charge in [0, 0.05) is 4.91 Å². The van der Waals surface area contributed by atoms with Crippen molar-refractivity contribution >= 4 is 9.84 Å². The van der Waals surface area contributed by atoms with Crippen LogP contribution in [-0.4, -0.2) is 14.2 Å². The summed E-state index contributed by atoms with van der Waals surface area (Å²) in [7, 11) is -3.06. The zero-order chi connectivity index (χ0) is 7.49. The normalized spacial score (nSPS) is 10.8. The highest BCUT2D eigenvalue weighted by Crippen LogP contribution is 2.01. The Morgan fingerprint density at radius 3 is 2.22 bits per heavy atom. The Kier molecular flexibility index (Phi) is 2.65. The van der Waals surface area contributed by atoms with E-state index in [-0.39, 0.29) is 10.7 Å². The lowest BCUT2D eigenvalue weighted by atomic mass is 10.7. The molecule has 0 aromatic rings. The van der Waals surface area contributed by atoms with Gasteiger partial charge in [-0.2, -0.15) is 0 Å². The fraction of sp³-hybridized carbons (Fsp3) is 0.333. The summed E-state index contributed by atoms with van der Waals surface area (Å²) in [6.45, 7) is 8.09. The molecule has 0 aliphatic rings. The van der Waals surface area contributed by atoms with E-state index < -0.39 is 9.84 Å². The number of allylic oxidation sites excluding steroid dienone is 1. The third kappa shape index (κ3) is 2.46. The maximum absolute atomic E-state index is 10.8. The number of hydrogen-bond donors (Lipinski definition) is 0. The van der Waals surface area contributed by atoms with Gasteiger partial charge in [0.15, 0.2) is 9.84 Å². The van der Waals surface area contributed by atoms with E-state index in [1.807, 2.05) is 0 Å². The highest BCUT2D eigenvalue weighted by atomic mass is 32.2. The molecule has 0 spiro atoms. The van der Waals surface area contributed by atoms with Crippen LogP contribution in [0.1, 0.15) is 6.92 Å². The maximum atomic E-state index is 10.8. The highest BCUT2D eigenvalue weighted by molar-refractivity contribution is 7.95. The van der Waals surface area contributed by atoms with Crippen molar-refractivity contribution in [1.82, 2.24) is 0 Å². The summed E-state index contributed by atoms with van der Waals surface area (Å²) < 4.78 is 21.5. The largest absolute Gasteiger partial charge is 0.224 e. The quantitative estimate of drug-likeness (QED) is 0.559. The minimum Gasteiger partial charge on any atom is -0.224 e. The van der Waals surface area contributed by atoms with E-state index >= 15 is 0 Å². The summed E-state index contributed by atoms with van der Waals surface area (Å²) in [4.78, 5) is 0.197. The van der Waals surface area contributed by atoms with E-state index in [1.54, 1.807) is 0 Å². The first-order chi connectivity index (χ1) is 4.00. The zero-order valence-corrected chi connectivity index (χ0v) is 6.24. The van der Waals surface area contributed by atoms with Crippen molar-refractivity contribution in [2.75, 3.05) is 5.75 Å². The molecule has 0 atom stereocenters. The van der Waals surface area contributed by atoms with E-state index in [4.69, 9.17) is 0 Å². The maximum Gasteiger partial charge on any atom is 0.177 e. The fourth-order valence-electron chi connectivity index (χ4n) is 0.297. The molecule has 0 heterocycles. The molecular formula is C6H10O2S. The Hall–Kier alpha value is -0.570. The Balaban J connectivity index is 4.41. The fourth-order valence-corrected chi connectivity index (χ4v) is 0.892. The van der Waals surface area contributed by atoms with Gasteiger partial charge in [0.1, 0.15) is 0 Å². The van der Waals surface area contributed by atoms with Crippen LogP contribution >= 0.6 is 0 Å². The molecule has 0 bridgehead atoms. The molecule has 3 heteroatoms. The van der Waals surface area contributed by atoms with Gasteiger partial charge in [0.25, 0.3) is 0 Å². The molecule has 0 amide bonds. The number of sulfone groups is 1. The predicted octanol–water partition coefficient (Wildman–Crippen LogP) is 1.12. The first-order valence-electron chi connectivity index (χ1n) is 2.50. The third-order valence-electron chi connectivity index (χ3n) is 0.868. The molecule has 0 N–H and O–H groups in total. The predicted molar refractivity (Wildman–Crippen MR) is 38.8 cm³/mol. The summed E-state index contributed by atoms with van der Waals surface area (Å²) >= 11 is 0. The molecule has 0 saturated carbocycles. The van der Waals surface area contributed by atoms with Gasteiger partial charge in [0.05, 0.1) is 5.75 Å². The van der Waals surface area contributed by atoms with Crippen LogP contribution in [0.3, 0.4) is 0 Å². The molecule has 9 heavy (non-hydrogen) atoms. The molecule has 0 fully saturated rings. The standard InChI is InChI=1S/C6H10O2S/c1-4-5-9(7,8)6(2)3/h4H,1-2,5H2,3H3. The molecule has 0 aromatic carbocycles. The van der Waals surface area contributed by atoms with E-state index in [0.29, 0.717) is 0 Å². The second kappa shape index (κ2) is 2.82. The van der Waals surface area contributed by atoms with Crippen molar-refractivity contribution in [3.05, 3.63) is 24.1 Å². The Morgan fingerprint density at radius 2 is 2.11 bits per heavy atom. The van der Waals surface area contributed by atoms with Gasteiger partial charge >= 0.3 is 0 Å². The average molecular weight is 146 g/mol. The molecule has 0 unspecified atom stereocenters. The molecule has 0 aliphatic carbocycles. The molecule has 0 saturated heterocycles. The molecule has 2 nitrogen and oxygen atoms in total. The van der Waals surface area contributed by atoms with E-state index in [0.717, 1.165) is 0 Å². The van der Waals surface area contributed by atoms with Crippen molar-refractivity contribution in [3.8, 4) is 0 Å². The van der Waals surface area contributed by atoms with Crippen LogP contribution in [0.15, 0.2) is 24.1 Å². The van der Waals surface area contributed by atoms with Crippen LogP contribution in [0, 0.1) is 0 Å². The van der Waals surface area contributed by atoms with Crippen molar-refractivity contribution < 1.29 is 8.42 Å². The van der Waals surface area contributed by atoms with Crippen molar-refractivity contribution in [2.24, 2.45) is 0 Å². The van der Waals surface area contributed by atoms with Gasteiger partial charge < -0.3 is 0 Å². The number of rotatable bonds is 3. The zero-order valence-electron chi connectivity index (χ0n) is 5.42. The highest BCUT2D eigenvalue weighted by Gasteiger charge is 2.06. The molecule has 0 rings (SSSR count). The van der Waals surface area contributed by atoms with Crippen molar-refractivity contribution in [3.63, 3.8) is 0 Å². The Bertz CT molecular complexity index is 211. The van der Waals surface area contributed by atoms with Gasteiger partial charge in [-0.1, -0.05) is 12.7 Å². The van der Waals surface area contributed by atoms with Crippen LogP contribution < -0.4 is 0 Å². The van der Waals surface area contributed by atoms with Crippen LogP contribution in [0.5, 0.6) is 0 Å². The molecule has 0 aliphatic heterocycles. The smallest absolute Gasteiger partial charge is 0.177 e. The summed E-state index contributed by atoms with van der Waals surface area (Å²) in [5, 5.41) is 0. The lowest BCUT2D eigenvalue weighted by Gasteiger charge is -1.95. The van der Waals surface area contributed by atoms with Crippen molar-refractivity contribution in [1.29, 1.82) is 0 Å². The van der Waals surface area contributed by atoms with Crippen molar-refractivity contribution in [2.45, 2.75) is 6.92 Å². The Labute approximate surface area is 55.8 Å². The Morgan fingerprint density at radius 1 is 1.67 bits per heavy atom. The minimum absolute atomic E-state index is 0.0116. The third-order valence-corrected chi connectivity index (χ3v) is 2.60. The molecular weight excluding hydrogens is 136 g/mol. The van der Waals surface area contributed by atoms with E-state index in [1.165, 1.54) is 13.0 Å². The van der Waals surface area contributed by atoms with Gasteiger partial charge in [-0.05, 0) is 6.92 Å². The van der Waals surface area contributed by atoms with Crippen LogP contribution in [0.4, 0.5) is 0 Å². The van der Waals surface area contributed by atoms with E-state index in [9.17, 15) is 8.42 Å². The number of hydrogen-bond acceptors (Lipinski definition) is 2. The minimum atomic E-state index is -3.06. The van der Waals surface area contributed by atoms with Crippen LogP contribution in [0.25, 0.3) is 0 Å².